The summed E-state index contributed by atoms with van der Waals surface area (Å²) < 4.78 is 1.89. The van der Waals surface area contributed by atoms with Crippen molar-refractivity contribution in [3.63, 3.8) is 0 Å². The monoisotopic (exact) mass is 257 g/mol. The van der Waals surface area contributed by atoms with Crippen LogP contribution in [0.3, 0.4) is 0 Å². The molecule has 3 heteroatoms. The smallest absolute Gasteiger partial charge is 0.0715 e. The Bertz CT molecular complexity index is 583. The topological polar surface area (TPSA) is 43.8 Å². The van der Waals surface area contributed by atoms with Crippen LogP contribution in [0.15, 0.2) is 12.3 Å². The van der Waals surface area contributed by atoms with Gasteiger partial charge in [-0.2, -0.15) is 5.10 Å². The third-order valence-corrected chi connectivity index (χ3v) is 3.92. The summed E-state index contributed by atoms with van der Waals surface area (Å²) in [6, 6.07) is 2.26. The highest BCUT2D eigenvalue weighted by Crippen LogP contribution is 2.33. The third-order valence-electron chi connectivity index (χ3n) is 3.92. The van der Waals surface area contributed by atoms with Gasteiger partial charge in [-0.05, 0) is 62.1 Å². The van der Waals surface area contributed by atoms with Gasteiger partial charge in [0, 0.05) is 25.2 Å². The van der Waals surface area contributed by atoms with E-state index in [2.05, 4.69) is 45.1 Å². The van der Waals surface area contributed by atoms with Crippen LogP contribution < -0.4 is 5.73 Å². The van der Waals surface area contributed by atoms with Gasteiger partial charge in [0.25, 0.3) is 0 Å². The van der Waals surface area contributed by atoms with Crippen molar-refractivity contribution >= 4 is 0 Å². The van der Waals surface area contributed by atoms with Gasteiger partial charge in [0.15, 0.2) is 0 Å². The Hall–Kier alpha value is -1.61. The van der Waals surface area contributed by atoms with Crippen molar-refractivity contribution in [2.24, 2.45) is 12.8 Å². The standard InChI is InChI=1S/C16H23N3/c1-10-8-11(2)13(4)16(12(10)3)14-9-19(5)18-15(14)6-7-17/h8-9H,6-7,17H2,1-5H3. The van der Waals surface area contributed by atoms with Crippen molar-refractivity contribution in [3.8, 4) is 11.1 Å². The summed E-state index contributed by atoms with van der Waals surface area (Å²) in [6.07, 6.45) is 2.93. The first kappa shape index (κ1) is 13.8. The van der Waals surface area contributed by atoms with E-state index in [-0.39, 0.29) is 0 Å². The molecule has 0 saturated carbocycles. The van der Waals surface area contributed by atoms with Gasteiger partial charge in [-0.3, -0.25) is 4.68 Å². The van der Waals surface area contributed by atoms with E-state index >= 15 is 0 Å². The molecule has 1 heterocycles. The molecule has 102 valence electrons. The van der Waals surface area contributed by atoms with Gasteiger partial charge in [0.1, 0.15) is 0 Å². The number of benzene rings is 1. The summed E-state index contributed by atoms with van der Waals surface area (Å²) in [5.74, 6) is 0. The molecule has 2 aromatic rings. The van der Waals surface area contributed by atoms with Crippen molar-refractivity contribution in [1.29, 1.82) is 0 Å². The largest absolute Gasteiger partial charge is 0.330 e. The molecule has 1 aromatic carbocycles. The molecule has 0 saturated heterocycles. The van der Waals surface area contributed by atoms with Gasteiger partial charge < -0.3 is 5.73 Å². The van der Waals surface area contributed by atoms with Crippen molar-refractivity contribution in [3.05, 3.63) is 40.2 Å². The average molecular weight is 257 g/mol. The molecule has 0 atom stereocenters. The number of nitrogens with zero attached hydrogens (tertiary/aromatic N) is 2. The number of aryl methyl sites for hydroxylation is 3. The number of nitrogens with two attached hydrogens (primary N) is 1. The SMILES string of the molecule is Cc1cc(C)c(C)c(-c2cn(C)nc2CCN)c1C. The molecule has 0 aliphatic carbocycles. The lowest BCUT2D eigenvalue weighted by molar-refractivity contribution is 0.739. The second kappa shape index (κ2) is 5.17. The Morgan fingerprint density at radius 1 is 1.11 bits per heavy atom. The first-order valence-corrected chi connectivity index (χ1v) is 6.76. The molecule has 3 nitrogen and oxygen atoms in total. The molecule has 0 fully saturated rings. The van der Waals surface area contributed by atoms with Gasteiger partial charge in [-0.25, -0.2) is 0 Å². The Kier molecular flexibility index (Phi) is 3.76. The van der Waals surface area contributed by atoms with Gasteiger partial charge in [-0.15, -0.1) is 0 Å². The maximum Gasteiger partial charge on any atom is 0.0715 e. The van der Waals surface area contributed by atoms with Crippen LogP contribution in [-0.4, -0.2) is 16.3 Å². The van der Waals surface area contributed by atoms with Crippen LogP contribution in [0, 0.1) is 27.7 Å². The molecular weight excluding hydrogens is 234 g/mol. The molecule has 2 rings (SSSR count). The summed E-state index contributed by atoms with van der Waals surface area (Å²) in [6.45, 7) is 9.36. The minimum absolute atomic E-state index is 0.632. The Labute approximate surface area is 115 Å². The van der Waals surface area contributed by atoms with Gasteiger partial charge in [0.2, 0.25) is 0 Å². The molecule has 0 spiro atoms. The molecule has 0 aliphatic rings. The van der Waals surface area contributed by atoms with Crippen LogP contribution in [0.2, 0.25) is 0 Å². The molecule has 1 aromatic heterocycles. The second-order valence-corrected chi connectivity index (χ2v) is 5.34. The zero-order valence-electron chi connectivity index (χ0n) is 12.5. The molecule has 0 radical (unpaired) electrons. The highest BCUT2D eigenvalue weighted by molar-refractivity contribution is 5.74. The van der Waals surface area contributed by atoms with Crippen LogP contribution in [0.4, 0.5) is 0 Å². The fourth-order valence-electron chi connectivity index (χ4n) is 2.69. The lowest BCUT2D eigenvalue weighted by Crippen LogP contribution is -2.05. The molecule has 0 unspecified atom stereocenters. The lowest BCUT2D eigenvalue weighted by atomic mass is 9.89. The first-order valence-electron chi connectivity index (χ1n) is 6.76. The highest BCUT2D eigenvalue weighted by atomic mass is 15.2. The number of hydrogen-bond acceptors (Lipinski definition) is 2. The third kappa shape index (κ3) is 2.43. The van der Waals surface area contributed by atoms with Crippen molar-refractivity contribution < 1.29 is 0 Å². The average Bonchev–Trinajstić information content (AvgIpc) is 2.69. The van der Waals surface area contributed by atoms with E-state index in [1.165, 1.54) is 33.4 Å². The maximum atomic E-state index is 5.70. The summed E-state index contributed by atoms with van der Waals surface area (Å²) >= 11 is 0. The molecule has 0 aliphatic heterocycles. The van der Waals surface area contributed by atoms with Crippen molar-refractivity contribution in [2.45, 2.75) is 34.1 Å². The summed E-state index contributed by atoms with van der Waals surface area (Å²) in [5.41, 5.74) is 14.7. The Morgan fingerprint density at radius 3 is 2.21 bits per heavy atom. The van der Waals surface area contributed by atoms with Crippen LogP contribution in [0.1, 0.15) is 27.9 Å². The van der Waals surface area contributed by atoms with Crippen molar-refractivity contribution in [2.75, 3.05) is 6.54 Å². The molecule has 19 heavy (non-hydrogen) atoms. The minimum atomic E-state index is 0.632. The van der Waals surface area contributed by atoms with E-state index < -0.39 is 0 Å². The van der Waals surface area contributed by atoms with E-state index in [1.807, 2.05) is 11.7 Å². The normalized spacial score (nSPS) is 11.1. The van der Waals surface area contributed by atoms with Gasteiger partial charge in [-0.1, -0.05) is 6.07 Å². The van der Waals surface area contributed by atoms with E-state index in [4.69, 9.17) is 5.73 Å². The maximum absolute atomic E-state index is 5.70. The molecular formula is C16H23N3. The van der Waals surface area contributed by atoms with Gasteiger partial charge in [0.05, 0.1) is 5.69 Å². The predicted octanol–water partition coefficient (Wildman–Crippen LogP) is 2.82. The number of rotatable bonds is 3. The van der Waals surface area contributed by atoms with Crippen molar-refractivity contribution in [1.82, 2.24) is 9.78 Å². The van der Waals surface area contributed by atoms with Crippen LogP contribution in [0.25, 0.3) is 11.1 Å². The first-order chi connectivity index (χ1) is 8.95. The number of aromatic nitrogens is 2. The zero-order chi connectivity index (χ0) is 14.2. The van der Waals surface area contributed by atoms with Gasteiger partial charge >= 0.3 is 0 Å². The zero-order valence-corrected chi connectivity index (χ0v) is 12.5. The van der Waals surface area contributed by atoms with Crippen LogP contribution in [0.5, 0.6) is 0 Å². The quantitative estimate of drug-likeness (QED) is 0.919. The van der Waals surface area contributed by atoms with E-state index in [1.54, 1.807) is 0 Å². The fraction of sp³-hybridized carbons (Fsp3) is 0.438. The van der Waals surface area contributed by atoms with E-state index in [0.29, 0.717) is 6.54 Å². The van der Waals surface area contributed by atoms with E-state index in [9.17, 15) is 0 Å². The predicted molar refractivity (Wildman–Crippen MR) is 80.4 cm³/mol. The summed E-state index contributed by atoms with van der Waals surface area (Å²) in [4.78, 5) is 0. The second-order valence-electron chi connectivity index (χ2n) is 5.34. The number of hydrogen-bond donors (Lipinski definition) is 1. The molecule has 2 N–H and O–H groups in total. The Morgan fingerprint density at radius 2 is 1.68 bits per heavy atom. The van der Waals surface area contributed by atoms with E-state index in [0.717, 1.165) is 12.1 Å². The Balaban J connectivity index is 2.71. The van der Waals surface area contributed by atoms with Crippen LogP contribution in [-0.2, 0) is 13.5 Å². The lowest BCUT2D eigenvalue weighted by Gasteiger charge is -2.15. The molecule has 0 amide bonds. The highest BCUT2D eigenvalue weighted by Gasteiger charge is 2.16. The fourth-order valence-corrected chi connectivity index (χ4v) is 2.69. The summed E-state index contributed by atoms with van der Waals surface area (Å²) in [7, 11) is 1.97. The summed E-state index contributed by atoms with van der Waals surface area (Å²) in [5, 5.41) is 4.55. The van der Waals surface area contributed by atoms with Crippen LogP contribution >= 0.6 is 0 Å². The minimum Gasteiger partial charge on any atom is -0.330 e. The molecule has 0 bridgehead atoms.